The molecule has 98 valence electrons. The number of ether oxygens (including phenoxy) is 1. The number of hydrogen-bond donors (Lipinski definition) is 2. The van der Waals surface area contributed by atoms with Crippen LogP contribution in [0.3, 0.4) is 0 Å². The van der Waals surface area contributed by atoms with Gasteiger partial charge in [-0.1, -0.05) is 6.07 Å². The molecule has 1 aromatic carbocycles. The summed E-state index contributed by atoms with van der Waals surface area (Å²) in [4.78, 5) is 4.30. The van der Waals surface area contributed by atoms with Crippen molar-refractivity contribution in [3.8, 4) is 0 Å². The van der Waals surface area contributed by atoms with Crippen LogP contribution in [0.25, 0.3) is 0 Å². The SMILES string of the molecule is COCc1cc(CNC2=NCC(C)N2)ccc1F. The van der Waals surface area contributed by atoms with Gasteiger partial charge >= 0.3 is 0 Å². The van der Waals surface area contributed by atoms with E-state index in [-0.39, 0.29) is 12.4 Å². The minimum absolute atomic E-state index is 0.231. The zero-order chi connectivity index (χ0) is 13.0. The molecule has 1 unspecified atom stereocenters. The van der Waals surface area contributed by atoms with Crippen LogP contribution in [-0.4, -0.2) is 25.7 Å². The highest BCUT2D eigenvalue weighted by Crippen LogP contribution is 2.11. The summed E-state index contributed by atoms with van der Waals surface area (Å²) in [5, 5.41) is 6.41. The first-order valence-corrected chi connectivity index (χ1v) is 6.00. The summed E-state index contributed by atoms with van der Waals surface area (Å²) >= 11 is 0. The summed E-state index contributed by atoms with van der Waals surface area (Å²) in [6.45, 7) is 3.78. The van der Waals surface area contributed by atoms with Gasteiger partial charge in [-0.2, -0.15) is 0 Å². The Morgan fingerprint density at radius 3 is 3.06 bits per heavy atom. The summed E-state index contributed by atoms with van der Waals surface area (Å²) in [6, 6.07) is 5.42. The van der Waals surface area contributed by atoms with E-state index < -0.39 is 0 Å². The van der Waals surface area contributed by atoms with Crippen LogP contribution in [0.1, 0.15) is 18.1 Å². The van der Waals surface area contributed by atoms with Crippen molar-refractivity contribution in [2.45, 2.75) is 26.1 Å². The van der Waals surface area contributed by atoms with E-state index in [0.717, 1.165) is 18.1 Å². The molecule has 1 aromatic rings. The lowest BCUT2D eigenvalue weighted by atomic mass is 10.1. The van der Waals surface area contributed by atoms with Crippen LogP contribution < -0.4 is 10.6 Å². The van der Waals surface area contributed by atoms with Crippen LogP contribution in [0.2, 0.25) is 0 Å². The molecule has 0 radical (unpaired) electrons. The predicted molar refractivity (Wildman–Crippen MR) is 68.9 cm³/mol. The van der Waals surface area contributed by atoms with Crippen molar-refractivity contribution in [1.82, 2.24) is 10.6 Å². The molecule has 1 heterocycles. The molecule has 0 saturated heterocycles. The number of guanidine groups is 1. The van der Waals surface area contributed by atoms with Gasteiger partial charge in [-0.05, 0) is 24.6 Å². The average Bonchev–Trinajstić information content (AvgIpc) is 2.76. The van der Waals surface area contributed by atoms with Crippen LogP contribution in [0, 0.1) is 5.82 Å². The van der Waals surface area contributed by atoms with Crippen molar-refractivity contribution in [2.75, 3.05) is 13.7 Å². The topological polar surface area (TPSA) is 45.6 Å². The quantitative estimate of drug-likeness (QED) is 0.850. The molecular formula is C13H18FN3O. The molecular weight excluding hydrogens is 233 g/mol. The Labute approximate surface area is 106 Å². The van der Waals surface area contributed by atoms with Gasteiger partial charge in [0, 0.05) is 25.3 Å². The lowest BCUT2D eigenvalue weighted by Crippen LogP contribution is -2.37. The highest BCUT2D eigenvalue weighted by atomic mass is 19.1. The smallest absolute Gasteiger partial charge is 0.191 e. The molecule has 1 aliphatic rings. The number of methoxy groups -OCH3 is 1. The summed E-state index contributed by atoms with van der Waals surface area (Å²) in [7, 11) is 1.56. The van der Waals surface area contributed by atoms with Gasteiger partial charge in [0.1, 0.15) is 5.82 Å². The van der Waals surface area contributed by atoms with E-state index >= 15 is 0 Å². The van der Waals surface area contributed by atoms with E-state index in [1.807, 2.05) is 6.07 Å². The molecule has 0 saturated carbocycles. The Hall–Kier alpha value is -1.62. The third-order valence-electron chi connectivity index (χ3n) is 2.78. The van der Waals surface area contributed by atoms with Crippen molar-refractivity contribution < 1.29 is 9.13 Å². The van der Waals surface area contributed by atoms with Gasteiger partial charge in [0.2, 0.25) is 0 Å². The molecule has 0 aliphatic carbocycles. The standard InChI is InChI=1S/C13H18FN3O/c1-9-6-15-13(17-9)16-7-10-3-4-12(14)11(5-10)8-18-2/h3-5,9H,6-8H2,1-2H3,(H2,15,16,17). The molecule has 0 amide bonds. The van der Waals surface area contributed by atoms with Crippen molar-refractivity contribution in [3.05, 3.63) is 35.1 Å². The summed E-state index contributed by atoms with van der Waals surface area (Å²) < 4.78 is 18.4. The Kier molecular flexibility index (Phi) is 4.15. The maximum Gasteiger partial charge on any atom is 0.191 e. The molecule has 0 fully saturated rings. The first-order valence-electron chi connectivity index (χ1n) is 6.00. The summed E-state index contributed by atoms with van der Waals surface area (Å²) in [5.41, 5.74) is 1.58. The van der Waals surface area contributed by atoms with Crippen LogP contribution in [0.4, 0.5) is 4.39 Å². The van der Waals surface area contributed by atoms with Gasteiger partial charge in [0.05, 0.1) is 13.2 Å². The number of aliphatic imine (C=N–C) groups is 1. The van der Waals surface area contributed by atoms with Crippen LogP contribution in [-0.2, 0) is 17.9 Å². The second-order valence-electron chi connectivity index (χ2n) is 4.45. The van der Waals surface area contributed by atoms with Crippen molar-refractivity contribution in [3.63, 3.8) is 0 Å². The number of nitrogens with zero attached hydrogens (tertiary/aromatic N) is 1. The minimum Gasteiger partial charge on any atom is -0.380 e. The molecule has 1 aliphatic heterocycles. The van der Waals surface area contributed by atoms with E-state index in [4.69, 9.17) is 4.74 Å². The zero-order valence-corrected chi connectivity index (χ0v) is 10.7. The fourth-order valence-corrected chi connectivity index (χ4v) is 1.85. The fraction of sp³-hybridized carbons (Fsp3) is 0.462. The van der Waals surface area contributed by atoms with Gasteiger partial charge in [-0.15, -0.1) is 0 Å². The first kappa shape index (κ1) is 12.8. The molecule has 0 bridgehead atoms. The number of hydrogen-bond acceptors (Lipinski definition) is 4. The largest absolute Gasteiger partial charge is 0.380 e. The number of nitrogens with one attached hydrogen (secondary N) is 2. The van der Waals surface area contributed by atoms with Crippen LogP contribution >= 0.6 is 0 Å². The number of rotatable bonds is 4. The second kappa shape index (κ2) is 5.82. The molecule has 0 spiro atoms. The lowest BCUT2D eigenvalue weighted by molar-refractivity contribution is 0.181. The van der Waals surface area contributed by atoms with E-state index in [9.17, 15) is 4.39 Å². The van der Waals surface area contributed by atoms with Gasteiger partial charge in [-0.3, -0.25) is 4.99 Å². The maximum absolute atomic E-state index is 13.4. The number of benzene rings is 1. The van der Waals surface area contributed by atoms with Crippen LogP contribution in [0.5, 0.6) is 0 Å². The van der Waals surface area contributed by atoms with E-state index in [2.05, 4.69) is 22.5 Å². The maximum atomic E-state index is 13.4. The molecule has 5 heteroatoms. The molecule has 1 atom stereocenters. The average molecular weight is 251 g/mol. The van der Waals surface area contributed by atoms with E-state index in [0.29, 0.717) is 18.2 Å². The van der Waals surface area contributed by atoms with E-state index in [1.54, 1.807) is 13.2 Å². The molecule has 2 N–H and O–H groups in total. The fourth-order valence-electron chi connectivity index (χ4n) is 1.85. The van der Waals surface area contributed by atoms with Crippen molar-refractivity contribution in [2.24, 2.45) is 4.99 Å². The summed E-state index contributed by atoms with van der Waals surface area (Å²) in [5.74, 6) is 0.575. The third-order valence-corrected chi connectivity index (χ3v) is 2.78. The Morgan fingerprint density at radius 1 is 1.56 bits per heavy atom. The molecule has 0 aromatic heterocycles. The van der Waals surface area contributed by atoms with Gasteiger partial charge in [-0.25, -0.2) is 4.39 Å². The van der Waals surface area contributed by atoms with Gasteiger partial charge in [0.25, 0.3) is 0 Å². The molecule has 4 nitrogen and oxygen atoms in total. The molecule has 2 rings (SSSR count). The second-order valence-corrected chi connectivity index (χ2v) is 4.45. The van der Waals surface area contributed by atoms with Crippen molar-refractivity contribution >= 4 is 5.96 Å². The van der Waals surface area contributed by atoms with Gasteiger partial charge < -0.3 is 15.4 Å². The summed E-state index contributed by atoms with van der Waals surface area (Å²) in [6.07, 6.45) is 0. The highest BCUT2D eigenvalue weighted by molar-refractivity contribution is 5.81. The zero-order valence-electron chi connectivity index (χ0n) is 10.7. The third kappa shape index (κ3) is 3.20. The monoisotopic (exact) mass is 251 g/mol. The first-order chi connectivity index (χ1) is 8.69. The van der Waals surface area contributed by atoms with Crippen molar-refractivity contribution in [1.29, 1.82) is 0 Å². The highest BCUT2D eigenvalue weighted by Gasteiger charge is 2.11. The number of halogens is 1. The minimum atomic E-state index is -0.231. The lowest BCUT2D eigenvalue weighted by Gasteiger charge is -2.10. The molecule has 18 heavy (non-hydrogen) atoms. The van der Waals surface area contributed by atoms with Crippen LogP contribution in [0.15, 0.2) is 23.2 Å². The normalized spacial score (nSPS) is 18.4. The predicted octanol–water partition coefficient (Wildman–Crippen LogP) is 1.41. The van der Waals surface area contributed by atoms with Gasteiger partial charge in [0.15, 0.2) is 5.96 Å². The Bertz CT molecular complexity index is 448. The Balaban J connectivity index is 1.95. The Morgan fingerprint density at radius 2 is 2.39 bits per heavy atom. The van der Waals surface area contributed by atoms with E-state index in [1.165, 1.54) is 6.07 Å².